The summed E-state index contributed by atoms with van der Waals surface area (Å²) < 4.78 is 21.6. The molecule has 0 unspecified atom stereocenters. The van der Waals surface area contributed by atoms with Crippen LogP contribution in [0.3, 0.4) is 0 Å². The highest BCUT2D eigenvalue weighted by atomic mass is 79.9. The van der Waals surface area contributed by atoms with Gasteiger partial charge in [-0.1, -0.05) is 77.8 Å². The Hall–Kier alpha value is -1.05. The lowest BCUT2D eigenvalue weighted by atomic mass is 9.66. The molecule has 1 aliphatic heterocycles. The molecular weight excluding hydrogens is 702 g/mol. The monoisotopic (exact) mass is 767 g/mol. The van der Waals surface area contributed by atoms with E-state index in [1.807, 2.05) is 6.92 Å². The number of carbonyl (C=O) groups is 2. The van der Waals surface area contributed by atoms with Gasteiger partial charge in [-0.3, -0.25) is 9.63 Å². The molecule has 0 spiro atoms. The zero-order chi connectivity index (χ0) is 36.0. The number of hydrogen-bond acceptors (Lipinski definition) is 6. The summed E-state index contributed by atoms with van der Waals surface area (Å²) in [7, 11) is -0.840. The van der Waals surface area contributed by atoms with Gasteiger partial charge in [-0.15, -0.1) is 0 Å². The Morgan fingerprint density at radius 3 is 2.02 bits per heavy atom. The van der Waals surface area contributed by atoms with Crippen LogP contribution in [0.15, 0.2) is 33.9 Å². The second-order valence-electron chi connectivity index (χ2n) is 14.9. The molecule has 0 aromatic heterocycles. The first-order chi connectivity index (χ1) is 22.7. The number of cyclic esters (lactones) is 1. The number of hydrogen-bond donors (Lipinski definition) is 0. The summed E-state index contributed by atoms with van der Waals surface area (Å²) >= 11 is 3.70. The molecule has 0 aromatic rings. The third kappa shape index (κ3) is 8.87. The third-order valence-corrected chi connectivity index (χ3v) is 22.6. The van der Waals surface area contributed by atoms with Gasteiger partial charge in [0.15, 0.2) is 16.6 Å². The predicted molar refractivity (Wildman–Crippen MR) is 204 cm³/mol. The molecule has 3 rings (SSSR count). The van der Waals surface area contributed by atoms with Crippen molar-refractivity contribution in [1.29, 1.82) is 0 Å². The van der Waals surface area contributed by atoms with Gasteiger partial charge in [0.25, 0.3) is 5.91 Å². The summed E-state index contributed by atoms with van der Waals surface area (Å²) in [5.74, 6) is -0.271. The standard InChI is InChI=1S/C38H66BrNO6Si2/c1-13-47(14-2,15-3)45-35-28(10)36(46-48(16-4,17-5)18-6)34-30-24-32(39)38(42)44-33(27(9)37(41)40(11)43-12)22-20-25(7)19-21-29(30)26(8)23-31(34)35/h19,23-24,27-31,33-36H,13-18,20-22H2,1-12H3/b25-19+,32-24-/t27-,28+,29+,30+,31-,33+,34-,35+,36-/m0/s1. The summed E-state index contributed by atoms with van der Waals surface area (Å²) in [5.41, 5.74) is 2.62. The molecule has 0 saturated heterocycles. The fourth-order valence-electron chi connectivity index (χ4n) is 8.70. The van der Waals surface area contributed by atoms with Crippen molar-refractivity contribution in [1.82, 2.24) is 5.06 Å². The highest BCUT2D eigenvalue weighted by Crippen LogP contribution is 2.55. The van der Waals surface area contributed by atoms with Crippen LogP contribution < -0.4 is 0 Å². The van der Waals surface area contributed by atoms with Gasteiger partial charge in [-0.05, 0) is 110 Å². The molecule has 0 N–H and O–H groups in total. The normalized spacial score (nSPS) is 33.0. The summed E-state index contributed by atoms with van der Waals surface area (Å²) in [6.45, 7) is 22.5. The molecule has 1 heterocycles. The van der Waals surface area contributed by atoms with Crippen LogP contribution in [0.5, 0.6) is 0 Å². The molecule has 0 aromatic carbocycles. The van der Waals surface area contributed by atoms with Gasteiger partial charge in [0.2, 0.25) is 0 Å². The van der Waals surface area contributed by atoms with Crippen molar-refractivity contribution in [2.24, 2.45) is 35.5 Å². The summed E-state index contributed by atoms with van der Waals surface area (Å²) in [4.78, 5) is 32.1. The van der Waals surface area contributed by atoms with Crippen molar-refractivity contribution in [3.63, 3.8) is 0 Å². The van der Waals surface area contributed by atoms with Gasteiger partial charge in [-0.25, -0.2) is 9.86 Å². The smallest absolute Gasteiger partial charge is 0.345 e. The van der Waals surface area contributed by atoms with Crippen molar-refractivity contribution >= 4 is 44.4 Å². The Bertz CT molecular complexity index is 1180. The van der Waals surface area contributed by atoms with Crippen LogP contribution in [0.4, 0.5) is 0 Å². The average Bonchev–Trinajstić information content (AvgIpc) is 3.34. The van der Waals surface area contributed by atoms with E-state index in [0.29, 0.717) is 10.9 Å². The van der Waals surface area contributed by atoms with E-state index in [1.54, 1.807) is 7.05 Å². The molecular formula is C38H66BrNO6Si2. The molecule has 1 fully saturated rings. The van der Waals surface area contributed by atoms with Crippen LogP contribution in [-0.4, -0.2) is 66.0 Å². The SMILES string of the molecule is CC[Si](CC)(CC)O[C@@H]1[C@@H](C)[C@H](O[Si](CC)(CC)CC)[C@@H]2[C@@H]1C=C(C)[C@H]1C/C=C(\C)CC[C@H]([C@H](C)C(=O)N(C)OC)OC(=O)/C(Br)=C/[C@@H]21. The number of rotatable bonds is 13. The first-order valence-electron chi connectivity index (χ1n) is 18.8. The highest BCUT2D eigenvalue weighted by molar-refractivity contribution is 9.12. The van der Waals surface area contributed by atoms with Crippen molar-refractivity contribution in [3.8, 4) is 0 Å². The number of carbonyl (C=O) groups excluding carboxylic acids is 2. The van der Waals surface area contributed by atoms with Gasteiger partial charge in [-0.2, -0.15) is 0 Å². The van der Waals surface area contributed by atoms with Crippen LogP contribution in [0.1, 0.15) is 88.5 Å². The second kappa shape index (κ2) is 17.9. The highest BCUT2D eigenvalue weighted by Gasteiger charge is 2.57. The van der Waals surface area contributed by atoms with Gasteiger partial charge in [0.05, 0.1) is 29.7 Å². The number of fused-ring (bicyclic) bond motifs is 3. The Balaban J connectivity index is 2.17. The number of hydroxylamine groups is 2. The van der Waals surface area contributed by atoms with Gasteiger partial charge >= 0.3 is 5.97 Å². The number of nitrogens with zero attached hydrogens (tertiary/aromatic N) is 1. The second-order valence-corrected chi connectivity index (χ2v) is 25.2. The molecule has 2 aliphatic carbocycles. The first kappa shape index (κ1) is 41.4. The van der Waals surface area contributed by atoms with Crippen molar-refractivity contribution in [3.05, 3.63) is 33.9 Å². The van der Waals surface area contributed by atoms with E-state index in [-0.39, 0.29) is 47.7 Å². The summed E-state index contributed by atoms with van der Waals surface area (Å²) in [6.07, 6.45) is 8.80. The molecule has 9 atom stereocenters. The topological polar surface area (TPSA) is 74.3 Å². The zero-order valence-corrected chi connectivity index (χ0v) is 35.7. The number of halogens is 1. The lowest BCUT2D eigenvalue weighted by molar-refractivity contribution is -0.178. The number of allylic oxidation sites excluding steroid dienone is 4. The quantitative estimate of drug-likeness (QED) is 0.0805. The van der Waals surface area contributed by atoms with E-state index in [9.17, 15) is 9.59 Å². The maximum absolute atomic E-state index is 13.9. The zero-order valence-electron chi connectivity index (χ0n) is 32.1. The molecule has 274 valence electrons. The Morgan fingerprint density at radius 2 is 1.50 bits per heavy atom. The first-order valence-corrected chi connectivity index (χ1v) is 24.7. The molecule has 1 saturated carbocycles. The number of esters is 1. The molecule has 3 aliphatic rings. The lowest BCUT2D eigenvalue weighted by Crippen LogP contribution is -2.46. The van der Waals surface area contributed by atoms with Gasteiger partial charge < -0.3 is 13.6 Å². The van der Waals surface area contributed by atoms with Crippen LogP contribution in [0.25, 0.3) is 0 Å². The lowest BCUT2D eigenvalue weighted by Gasteiger charge is -2.43. The molecule has 0 radical (unpaired) electrons. The molecule has 10 heteroatoms. The van der Waals surface area contributed by atoms with Gasteiger partial charge in [0.1, 0.15) is 6.10 Å². The largest absolute Gasteiger partial charge is 0.458 e. The number of ether oxygens (including phenoxy) is 1. The van der Waals surface area contributed by atoms with Crippen LogP contribution in [0.2, 0.25) is 36.3 Å². The van der Waals surface area contributed by atoms with Crippen LogP contribution >= 0.6 is 15.9 Å². The third-order valence-electron chi connectivity index (χ3n) is 12.7. The molecule has 7 nitrogen and oxygen atoms in total. The minimum absolute atomic E-state index is 0.0427. The summed E-state index contributed by atoms with van der Waals surface area (Å²) in [6, 6.07) is 6.62. The van der Waals surface area contributed by atoms with E-state index >= 15 is 0 Å². The van der Waals surface area contributed by atoms with Crippen LogP contribution in [-0.2, 0) is 28.0 Å². The Morgan fingerprint density at radius 1 is 0.958 bits per heavy atom. The van der Waals surface area contributed by atoms with E-state index in [0.717, 1.165) is 49.1 Å². The molecule has 0 bridgehead atoms. The Labute approximate surface area is 303 Å². The maximum atomic E-state index is 13.9. The minimum Gasteiger partial charge on any atom is -0.458 e. The number of amides is 1. The van der Waals surface area contributed by atoms with Crippen molar-refractivity contribution in [2.75, 3.05) is 14.2 Å². The van der Waals surface area contributed by atoms with Crippen LogP contribution in [0, 0.1) is 35.5 Å². The minimum atomic E-state index is -1.98. The van der Waals surface area contributed by atoms with Crippen molar-refractivity contribution < 1.29 is 28.0 Å². The van der Waals surface area contributed by atoms with E-state index < -0.39 is 34.6 Å². The maximum Gasteiger partial charge on any atom is 0.345 e. The van der Waals surface area contributed by atoms with Gasteiger partial charge in [0, 0.05) is 18.9 Å². The fraction of sp³-hybridized carbons (Fsp3) is 0.789. The summed E-state index contributed by atoms with van der Waals surface area (Å²) in [5, 5.41) is 1.21. The van der Waals surface area contributed by atoms with Crippen molar-refractivity contribution in [2.45, 2.75) is 143 Å². The van der Waals surface area contributed by atoms with E-state index in [2.05, 4.69) is 96.5 Å². The van der Waals surface area contributed by atoms with E-state index in [4.69, 9.17) is 18.4 Å². The molecule has 48 heavy (non-hydrogen) atoms. The average molecular weight is 769 g/mol. The Kier molecular flexibility index (Phi) is 15.5. The van der Waals surface area contributed by atoms with E-state index in [1.165, 1.54) is 23.3 Å². The fourth-order valence-corrected chi connectivity index (χ4v) is 15.0. The molecule has 1 amide bonds. The predicted octanol–water partition coefficient (Wildman–Crippen LogP) is 9.82.